The van der Waals surface area contributed by atoms with Crippen molar-refractivity contribution in [1.82, 2.24) is 14.1 Å². The molecule has 5 rings (SSSR count). The molecule has 0 saturated heterocycles. The van der Waals surface area contributed by atoms with Crippen molar-refractivity contribution in [1.29, 1.82) is 0 Å². The average Bonchev–Trinajstić information content (AvgIpc) is 3.69. The highest BCUT2D eigenvalue weighted by atomic mass is 127. The monoisotopic (exact) mass is 615 g/mol. The van der Waals surface area contributed by atoms with Gasteiger partial charge >= 0.3 is 5.69 Å². The Bertz CT molecular complexity index is 1750. The highest BCUT2D eigenvalue weighted by Gasteiger charge is 2.31. The zero-order chi connectivity index (χ0) is 26.4. The van der Waals surface area contributed by atoms with Gasteiger partial charge in [-0.1, -0.05) is 13.0 Å². The smallest absolute Gasteiger partial charge is 0.336 e. The molecule has 2 aromatic heterocycles. The number of amides is 1. The summed E-state index contributed by atoms with van der Waals surface area (Å²) in [6, 6.07) is 10.9. The second-order valence-electron chi connectivity index (χ2n) is 8.90. The quantitative estimate of drug-likeness (QED) is 0.280. The molecule has 0 unspecified atom stereocenters. The van der Waals surface area contributed by atoms with E-state index in [1.165, 1.54) is 28.2 Å². The fourth-order valence-corrected chi connectivity index (χ4v) is 4.72. The van der Waals surface area contributed by atoms with E-state index in [0.29, 0.717) is 27.8 Å². The minimum Gasteiger partial charge on any atom is -0.339 e. The number of anilines is 3. The number of fused-ring (bicyclic) bond motifs is 1. The SMILES string of the molecule is CCC(=O)Nc1cccc(-n2c(=O)n(C3CC3)c(=O)c3c(Nc4ccc(I)cc4F)[nH]c(=O)c(C)c32)c1. The van der Waals surface area contributed by atoms with E-state index >= 15 is 0 Å². The van der Waals surface area contributed by atoms with Crippen molar-refractivity contribution in [3.05, 3.63) is 88.6 Å². The zero-order valence-corrected chi connectivity index (χ0v) is 22.2. The number of aryl methyl sites for hydroxylation is 1. The van der Waals surface area contributed by atoms with E-state index in [1.54, 1.807) is 37.3 Å². The molecule has 0 bridgehead atoms. The second kappa shape index (κ2) is 9.61. The molecule has 0 aliphatic heterocycles. The molecule has 3 N–H and O–H groups in total. The zero-order valence-electron chi connectivity index (χ0n) is 20.0. The number of aromatic amines is 1. The molecule has 9 nitrogen and oxygen atoms in total. The molecule has 4 aromatic rings. The van der Waals surface area contributed by atoms with Gasteiger partial charge in [0.05, 0.1) is 16.9 Å². The van der Waals surface area contributed by atoms with Crippen molar-refractivity contribution < 1.29 is 9.18 Å². The number of aromatic nitrogens is 3. The van der Waals surface area contributed by atoms with Gasteiger partial charge in [0.2, 0.25) is 5.91 Å². The average molecular weight is 615 g/mol. The fraction of sp³-hybridized carbons (Fsp3) is 0.231. The molecule has 1 amide bonds. The standard InChI is InChI=1S/C26H23FIN5O4/c1-3-20(34)29-15-5-4-6-17(12-15)32-22-13(2)24(35)31-23(30-19-10-7-14(28)11-18(19)27)21(22)25(36)33(26(32)37)16-8-9-16/h4-7,10-12,16H,3,8-9H2,1-2H3,(H,29,34)(H2,30,31,35). The number of hydrogen-bond donors (Lipinski definition) is 3. The normalized spacial score (nSPS) is 13.1. The first-order valence-electron chi connectivity index (χ1n) is 11.8. The Kier molecular flexibility index (Phi) is 6.48. The van der Waals surface area contributed by atoms with E-state index in [0.717, 1.165) is 0 Å². The van der Waals surface area contributed by atoms with Crippen molar-refractivity contribution in [3.8, 4) is 5.69 Å². The van der Waals surface area contributed by atoms with Gasteiger partial charge in [-0.2, -0.15) is 0 Å². The van der Waals surface area contributed by atoms with Crippen LogP contribution in [0.3, 0.4) is 0 Å². The van der Waals surface area contributed by atoms with Crippen LogP contribution in [-0.2, 0) is 4.79 Å². The molecule has 0 atom stereocenters. The lowest BCUT2D eigenvalue weighted by Crippen LogP contribution is -2.40. The summed E-state index contributed by atoms with van der Waals surface area (Å²) in [5.41, 5.74) is -0.504. The first-order valence-corrected chi connectivity index (χ1v) is 12.8. The van der Waals surface area contributed by atoms with Crippen LogP contribution < -0.4 is 27.4 Å². The molecule has 1 fully saturated rings. The minimum atomic E-state index is -0.584. The van der Waals surface area contributed by atoms with Crippen molar-refractivity contribution in [2.75, 3.05) is 10.6 Å². The van der Waals surface area contributed by atoms with Crippen LogP contribution in [0.2, 0.25) is 0 Å². The third-order valence-electron chi connectivity index (χ3n) is 6.29. The molecule has 1 saturated carbocycles. The molecule has 190 valence electrons. The summed E-state index contributed by atoms with van der Waals surface area (Å²) in [4.78, 5) is 55.1. The van der Waals surface area contributed by atoms with Crippen LogP contribution in [0.4, 0.5) is 21.6 Å². The van der Waals surface area contributed by atoms with Crippen LogP contribution in [0.15, 0.2) is 56.8 Å². The van der Waals surface area contributed by atoms with Gasteiger partial charge in [0.15, 0.2) is 0 Å². The predicted molar refractivity (Wildman–Crippen MR) is 149 cm³/mol. The number of H-pyrrole nitrogens is 1. The van der Waals surface area contributed by atoms with Crippen LogP contribution in [-0.4, -0.2) is 20.0 Å². The number of nitrogens with zero attached hydrogens (tertiary/aromatic N) is 2. The number of benzene rings is 2. The van der Waals surface area contributed by atoms with Crippen LogP contribution in [0.5, 0.6) is 0 Å². The summed E-state index contributed by atoms with van der Waals surface area (Å²) < 4.78 is 17.9. The maximum atomic E-state index is 14.7. The Balaban J connectivity index is 1.84. The molecule has 1 aliphatic rings. The Hall–Kier alpha value is -3.74. The highest BCUT2D eigenvalue weighted by Crippen LogP contribution is 2.34. The van der Waals surface area contributed by atoms with Crippen LogP contribution in [0.25, 0.3) is 16.6 Å². The summed E-state index contributed by atoms with van der Waals surface area (Å²) in [6.45, 7) is 3.25. The van der Waals surface area contributed by atoms with Gasteiger partial charge in [0.1, 0.15) is 17.0 Å². The first kappa shape index (κ1) is 24.9. The number of halogens is 2. The molecule has 0 spiro atoms. The lowest BCUT2D eigenvalue weighted by atomic mass is 10.1. The van der Waals surface area contributed by atoms with Gasteiger partial charge in [0, 0.05) is 27.3 Å². The largest absolute Gasteiger partial charge is 0.339 e. The molecule has 1 aliphatic carbocycles. The van der Waals surface area contributed by atoms with Crippen molar-refractivity contribution in [2.24, 2.45) is 0 Å². The third kappa shape index (κ3) is 4.59. The van der Waals surface area contributed by atoms with Gasteiger partial charge in [-0.15, -0.1) is 0 Å². The van der Waals surface area contributed by atoms with Gasteiger partial charge in [0.25, 0.3) is 11.1 Å². The number of nitrogens with one attached hydrogen (secondary N) is 3. The van der Waals surface area contributed by atoms with Crippen molar-refractivity contribution >= 4 is 56.6 Å². The summed E-state index contributed by atoms with van der Waals surface area (Å²) in [6.07, 6.45) is 1.62. The van der Waals surface area contributed by atoms with Gasteiger partial charge in [-0.3, -0.25) is 23.5 Å². The minimum absolute atomic E-state index is 0.00528. The molecule has 2 aromatic carbocycles. The third-order valence-corrected chi connectivity index (χ3v) is 6.96. The van der Waals surface area contributed by atoms with Crippen LogP contribution in [0, 0.1) is 16.3 Å². The summed E-state index contributed by atoms with van der Waals surface area (Å²) in [5, 5.41) is 5.69. The Morgan fingerprint density at radius 2 is 1.92 bits per heavy atom. The van der Waals surface area contributed by atoms with Crippen LogP contribution in [0.1, 0.15) is 37.8 Å². The summed E-state index contributed by atoms with van der Waals surface area (Å²) >= 11 is 1.98. The highest BCUT2D eigenvalue weighted by molar-refractivity contribution is 14.1. The van der Waals surface area contributed by atoms with Gasteiger partial charge in [-0.25, -0.2) is 9.18 Å². The Morgan fingerprint density at radius 3 is 2.59 bits per heavy atom. The maximum absolute atomic E-state index is 14.7. The fourth-order valence-electron chi connectivity index (χ4n) is 4.27. The predicted octanol–water partition coefficient (Wildman–Crippen LogP) is 4.32. The van der Waals surface area contributed by atoms with E-state index in [4.69, 9.17) is 0 Å². The summed E-state index contributed by atoms with van der Waals surface area (Å²) in [7, 11) is 0. The van der Waals surface area contributed by atoms with Gasteiger partial charge in [-0.05, 0) is 78.8 Å². The van der Waals surface area contributed by atoms with E-state index in [2.05, 4.69) is 15.6 Å². The second-order valence-corrected chi connectivity index (χ2v) is 10.1. The molecular weight excluding hydrogens is 592 g/mol. The van der Waals surface area contributed by atoms with Gasteiger partial charge < -0.3 is 15.6 Å². The number of hydrogen-bond acceptors (Lipinski definition) is 5. The molecule has 0 radical (unpaired) electrons. The Morgan fingerprint density at radius 1 is 1.16 bits per heavy atom. The number of carbonyl (C=O) groups excluding carboxylic acids is 1. The lowest BCUT2D eigenvalue weighted by molar-refractivity contribution is -0.115. The Labute approximate surface area is 223 Å². The maximum Gasteiger partial charge on any atom is 0.336 e. The molecule has 37 heavy (non-hydrogen) atoms. The molecule has 2 heterocycles. The van der Waals surface area contributed by atoms with Crippen molar-refractivity contribution in [3.63, 3.8) is 0 Å². The topological polar surface area (TPSA) is 118 Å². The molecule has 11 heteroatoms. The van der Waals surface area contributed by atoms with E-state index in [1.807, 2.05) is 22.6 Å². The van der Waals surface area contributed by atoms with Crippen LogP contribution >= 0.6 is 22.6 Å². The summed E-state index contributed by atoms with van der Waals surface area (Å²) in [5.74, 6) is -0.762. The van der Waals surface area contributed by atoms with Crippen molar-refractivity contribution in [2.45, 2.75) is 39.2 Å². The van der Waals surface area contributed by atoms with E-state index in [9.17, 15) is 23.6 Å². The first-order chi connectivity index (χ1) is 17.7. The van der Waals surface area contributed by atoms with E-state index < -0.39 is 22.6 Å². The lowest BCUT2D eigenvalue weighted by Gasteiger charge is -2.18. The number of carbonyl (C=O) groups is 1. The van der Waals surface area contributed by atoms with E-state index in [-0.39, 0.29) is 46.3 Å². The number of pyridine rings is 1. The number of rotatable bonds is 6. The molecular formula is C26H23FIN5O4.